The third kappa shape index (κ3) is 5.12. The molecule has 11 heteroatoms. The molecule has 1 amide bonds. The molecule has 5 aromatic rings. The Hall–Kier alpha value is -4.56. The number of amides is 1. The van der Waals surface area contributed by atoms with Crippen LogP contribution in [-0.4, -0.2) is 30.4 Å². The molecule has 0 aliphatic carbocycles. The van der Waals surface area contributed by atoms with E-state index in [-0.39, 0.29) is 22.0 Å². The molecule has 0 bridgehead atoms. The van der Waals surface area contributed by atoms with Crippen LogP contribution in [0.3, 0.4) is 0 Å². The van der Waals surface area contributed by atoms with E-state index in [0.29, 0.717) is 33.1 Å². The lowest BCUT2D eigenvalue weighted by Gasteiger charge is -2.13. The van der Waals surface area contributed by atoms with Gasteiger partial charge in [-0.2, -0.15) is 9.98 Å². The summed E-state index contributed by atoms with van der Waals surface area (Å²) in [6.07, 6.45) is 0. The number of benzene rings is 2. The van der Waals surface area contributed by atoms with Crippen LogP contribution in [0.2, 0.25) is 5.15 Å². The zero-order valence-electron chi connectivity index (χ0n) is 19.7. The second-order valence-electron chi connectivity index (χ2n) is 8.19. The minimum absolute atomic E-state index is 0.0232. The molecule has 0 radical (unpaired) electrons. The van der Waals surface area contributed by atoms with Crippen molar-refractivity contribution < 1.29 is 9.35 Å². The van der Waals surface area contributed by atoms with E-state index in [2.05, 4.69) is 24.7 Å². The van der Waals surface area contributed by atoms with Crippen molar-refractivity contribution in [2.45, 2.75) is 11.8 Å². The largest absolute Gasteiger partial charge is 0.588 e. The summed E-state index contributed by atoms with van der Waals surface area (Å²) in [5, 5.41) is 9.20. The lowest BCUT2D eigenvalue weighted by atomic mass is 10.0. The first-order valence-electron chi connectivity index (χ1n) is 11.2. The maximum absolute atomic E-state index is 13.0. The number of carbonyl (C=O) groups excluding carboxylic acids is 1. The zero-order valence-corrected chi connectivity index (χ0v) is 21.3. The SMILES string of the molecule is Cc1cc(-c2nc3c(=O)cc(C(=O)N[S+]([O-])c4ccc(C#N)cc4)[nH]c3nc2-c2ccccc2)cc(Cl)n1. The number of fused-ring (bicyclic) bond motifs is 1. The third-order valence-electron chi connectivity index (χ3n) is 5.53. The van der Waals surface area contributed by atoms with E-state index in [1.807, 2.05) is 36.4 Å². The summed E-state index contributed by atoms with van der Waals surface area (Å²) in [6, 6.07) is 21.7. The highest BCUT2D eigenvalue weighted by atomic mass is 35.5. The summed E-state index contributed by atoms with van der Waals surface area (Å²) in [4.78, 5) is 42.5. The molecule has 2 aromatic carbocycles. The Morgan fingerprint density at radius 1 is 1.00 bits per heavy atom. The first-order valence-corrected chi connectivity index (χ1v) is 12.7. The lowest BCUT2D eigenvalue weighted by molar-refractivity contribution is 0.0976. The van der Waals surface area contributed by atoms with Crippen molar-refractivity contribution in [3.8, 4) is 28.6 Å². The lowest BCUT2D eigenvalue weighted by Crippen LogP contribution is -2.32. The Balaban J connectivity index is 1.58. The molecule has 0 saturated carbocycles. The maximum atomic E-state index is 13.0. The van der Waals surface area contributed by atoms with Crippen LogP contribution in [0, 0.1) is 18.3 Å². The molecule has 0 fully saturated rings. The highest BCUT2D eigenvalue weighted by molar-refractivity contribution is 7.90. The van der Waals surface area contributed by atoms with Gasteiger partial charge in [0.1, 0.15) is 22.2 Å². The first kappa shape index (κ1) is 25.1. The van der Waals surface area contributed by atoms with Gasteiger partial charge in [0.05, 0.1) is 23.0 Å². The molecule has 2 N–H and O–H groups in total. The van der Waals surface area contributed by atoms with Gasteiger partial charge < -0.3 is 9.54 Å². The molecular weight excluding hydrogens is 524 g/mol. The molecule has 0 aliphatic heterocycles. The molecule has 3 aromatic heterocycles. The smallest absolute Gasteiger partial charge is 0.309 e. The second kappa shape index (κ2) is 10.4. The van der Waals surface area contributed by atoms with Crippen molar-refractivity contribution in [2.24, 2.45) is 0 Å². The van der Waals surface area contributed by atoms with Crippen molar-refractivity contribution in [1.82, 2.24) is 24.7 Å². The zero-order chi connectivity index (χ0) is 26.8. The van der Waals surface area contributed by atoms with Crippen LogP contribution in [0.5, 0.6) is 0 Å². The summed E-state index contributed by atoms with van der Waals surface area (Å²) in [5.74, 6) is -0.768. The molecule has 5 rings (SSSR count). The van der Waals surface area contributed by atoms with Gasteiger partial charge in [0.15, 0.2) is 16.1 Å². The summed E-state index contributed by atoms with van der Waals surface area (Å²) in [6.45, 7) is 1.80. The fourth-order valence-electron chi connectivity index (χ4n) is 3.79. The second-order valence-corrected chi connectivity index (χ2v) is 9.79. The van der Waals surface area contributed by atoms with Crippen LogP contribution in [0.15, 0.2) is 82.5 Å². The third-order valence-corrected chi connectivity index (χ3v) is 6.79. The number of hydrogen-bond acceptors (Lipinski definition) is 7. The van der Waals surface area contributed by atoms with Gasteiger partial charge in [0.2, 0.25) is 5.43 Å². The Kier molecular flexibility index (Phi) is 6.89. The number of aryl methyl sites for hydroxylation is 1. The van der Waals surface area contributed by atoms with Gasteiger partial charge in [0.25, 0.3) is 0 Å². The molecule has 1 atom stereocenters. The van der Waals surface area contributed by atoms with Crippen molar-refractivity contribution in [1.29, 1.82) is 5.26 Å². The van der Waals surface area contributed by atoms with E-state index in [9.17, 15) is 14.1 Å². The number of nitriles is 1. The van der Waals surface area contributed by atoms with Gasteiger partial charge in [-0.3, -0.25) is 9.59 Å². The van der Waals surface area contributed by atoms with E-state index in [0.717, 1.165) is 11.6 Å². The van der Waals surface area contributed by atoms with Crippen molar-refractivity contribution in [3.63, 3.8) is 0 Å². The molecular formula is C27H17ClN6O3S. The first-order chi connectivity index (χ1) is 18.3. The number of nitrogens with one attached hydrogen (secondary N) is 2. The van der Waals surface area contributed by atoms with Crippen molar-refractivity contribution in [3.05, 3.63) is 105 Å². The van der Waals surface area contributed by atoms with E-state index in [1.54, 1.807) is 19.1 Å². The van der Waals surface area contributed by atoms with Gasteiger partial charge in [0, 0.05) is 22.9 Å². The predicted molar refractivity (Wildman–Crippen MR) is 144 cm³/mol. The van der Waals surface area contributed by atoms with Gasteiger partial charge in [-0.25, -0.2) is 15.0 Å². The number of hydrogen-bond donors (Lipinski definition) is 2. The van der Waals surface area contributed by atoms with Crippen LogP contribution in [-0.2, 0) is 11.4 Å². The molecule has 38 heavy (non-hydrogen) atoms. The van der Waals surface area contributed by atoms with Gasteiger partial charge in [-0.15, -0.1) is 0 Å². The molecule has 186 valence electrons. The number of rotatable bonds is 5. The minimum atomic E-state index is -1.92. The predicted octanol–water partition coefficient (Wildman–Crippen LogP) is 4.33. The summed E-state index contributed by atoms with van der Waals surface area (Å²) >= 11 is 4.28. The van der Waals surface area contributed by atoms with Gasteiger partial charge >= 0.3 is 5.91 Å². The number of nitrogens with zero attached hydrogens (tertiary/aromatic N) is 4. The minimum Gasteiger partial charge on any atom is -0.588 e. The number of aromatic nitrogens is 4. The molecule has 1 unspecified atom stereocenters. The van der Waals surface area contributed by atoms with Gasteiger partial charge in [-0.05, 0) is 43.3 Å². The molecule has 0 saturated heterocycles. The quantitative estimate of drug-likeness (QED) is 0.249. The van der Waals surface area contributed by atoms with Crippen LogP contribution in [0.4, 0.5) is 0 Å². The maximum Gasteiger partial charge on any atom is 0.309 e. The Bertz CT molecular complexity index is 1770. The summed E-state index contributed by atoms with van der Waals surface area (Å²) in [7, 11) is 0. The highest BCUT2D eigenvalue weighted by Crippen LogP contribution is 2.31. The monoisotopic (exact) mass is 540 g/mol. The standard InChI is InChI=1S/C27H17ClN6O3S/c1-15-11-18(12-22(28)30-15)24-23(17-5-3-2-4-6-17)33-26-25(32-24)21(35)13-20(31-26)27(36)34-38(37)19-9-7-16(14-29)8-10-19/h2-13H,1H3,(H,34,36)(H,31,33,35). The summed E-state index contributed by atoms with van der Waals surface area (Å²) < 4.78 is 15.0. The average molecular weight is 541 g/mol. The van der Waals surface area contributed by atoms with E-state index >= 15 is 0 Å². The van der Waals surface area contributed by atoms with E-state index < -0.39 is 22.7 Å². The molecule has 0 spiro atoms. The van der Waals surface area contributed by atoms with Crippen LogP contribution in [0.25, 0.3) is 33.7 Å². The van der Waals surface area contributed by atoms with Crippen molar-refractivity contribution >= 4 is 40.0 Å². The molecule has 0 aliphatic rings. The van der Waals surface area contributed by atoms with E-state index in [1.165, 1.54) is 24.3 Å². The number of pyridine rings is 2. The fourth-order valence-corrected chi connectivity index (χ4v) is 4.82. The average Bonchev–Trinajstić information content (AvgIpc) is 2.92. The summed E-state index contributed by atoms with van der Waals surface area (Å²) in [5.41, 5.74) is 2.77. The highest BCUT2D eigenvalue weighted by Gasteiger charge is 2.21. The van der Waals surface area contributed by atoms with Gasteiger partial charge in [-0.1, -0.05) is 41.9 Å². The topological polar surface area (TPSA) is 147 Å². The van der Waals surface area contributed by atoms with Crippen LogP contribution < -0.4 is 10.2 Å². The Morgan fingerprint density at radius 2 is 1.71 bits per heavy atom. The number of H-pyrrole nitrogens is 1. The van der Waals surface area contributed by atoms with E-state index in [4.69, 9.17) is 16.9 Å². The number of halogens is 1. The van der Waals surface area contributed by atoms with Crippen molar-refractivity contribution in [2.75, 3.05) is 0 Å². The number of aromatic amines is 1. The molecule has 9 nitrogen and oxygen atoms in total. The normalized spacial score (nSPS) is 11.6. The van der Waals surface area contributed by atoms with Crippen LogP contribution >= 0.6 is 11.6 Å². The molecule has 3 heterocycles. The fraction of sp³-hybridized carbons (Fsp3) is 0.0370. The Labute approximate surface area is 224 Å². The Morgan fingerprint density at radius 3 is 2.39 bits per heavy atom. The van der Waals surface area contributed by atoms with Crippen LogP contribution in [0.1, 0.15) is 21.7 Å². The number of carbonyl (C=O) groups is 1.